The van der Waals surface area contributed by atoms with Crippen LogP contribution in [-0.4, -0.2) is 20.9 Å². The smallest absolute Gasteiger partial charge is 0.122 e. The van der Waals surface area contributed by atoms with E-state index in [1.54, 1.807) is 0 Å². The van der Waals surface area contributed by atoms with Gasteiger partial charge in [-0.3, -0.25) is 0 Å². The van der Waals surface area contributed by atoms with E-state index >= 15 is 0 Å². The average Bonchev–Trinajstić information content (AvgIpc) is 2.56. The van der Waals surface area contributed by atoms with E-state index in [0.717, 1.165) is 41.0 Å². The van der Waals surface area contributed by atoms with Gasteiger partial charge in [0.2, 0.25) is 0 Å². The molecule has 1 aromatic rings. The molecule has 26 heavy (non-hydrogen) atoms. The van der Waals surface area contributed by atoms with E-state index in [4.69, 9.17) is 0 Å². The van der Waals surface area contributed by atoms with Crippen LogP contribution in [0.5, 0.6) is 11.5 Å². The Bertz CT molecular complexity index is 559. The van der Waals surface area contributed by atoms with E-state index in [-0.39, 0.29) is 11.5 Å². The van der Waals surface area contributed by atoms with E-state index in [1.165, 1.54) is 19.3 Å². The van der Waals surface area contributed by atoms with Gasteiger partial charge in [-0.15, -0.1) is 0 Å². The number of hydrogen-bond donors (Lipinski definition) is 3. The number of rotatable bonds is 10. The molecule has 2 atom stereocenters. The summed E-state index contributed by atoms with van der Waals surface area (Å²) >= 11 is 0. The molecule has 0 saturated heterocycles. The van der Waals surface area contributed by atoms with Crippen LogP contribution in [0.3, 0.4) is 0 Å². The van der Waals surface area contributed by atoms with Crippen LogP contribution in [-0.2, 0) is 6.42 Å². The second kappa shape index (κ2) is 9.64. The molecule has 0 spiro atoms. The predicted molar refractivity (Wildman–Crippen MR) is 110 cm³/mol. The maximum Gasteiger partial charge on any atom is 0.122 e. The lowest BCUT2D eigenvalue weighted by molar-refractivity contribution is 0.0357. The van der Waals surface area contributed by atoms with Crippen LogP contribution in [0.15, 0.2) is 0 Å². The maximum atomic E-state index is 10.8. The monoisotopic (exact) mass is 364 g/mol. The van der Waals surface area contributed by atoms with Crippen LogP contribution in [0, 0.1) is 32.6 Å². The van der Waals surface area contributed by atoms with Crippen LogP contribution in [0.4, 0.5) is 0 Å². The Balaban J connectivity index is 2.61. The third-order valence-electron chi connectivity index (χ3n) is 5.93. The first-order chi connectivity index (χ1) is 12.0. The van der Waals surface area contributed by atoms with Crippen molar-refractivity contribution in [3.63, 3.8) is 0 Å². The van der Waals surface area contributed by atoms with Gasteiger partial charge in [-0.25, -0.2) is 0 Å². The van der Waals surface area contributed by atoms with Crippen LogP contribution >= 0.6 is 0 Å². The molecule has 0 saturated carbocycles. The van der Waals surface area contributed by atoms with Crippen LogP contribution in [0.2, 0.25) is 0 Å². The summed E-state index contributed by atoms with van der Waals surface area (Å²) in [5.41, 5.74) is 2.19. The van der Waals surface area contributed by atoms with Crippen molar-refractivity contribution in [2.75, 3.05) is 0 Å². The van der Waals surface area contributed by atoms with E-state index in [2.05, 4.69) is 20.8 Å². The first kappa shape index (κ1) is 22.8. The third-order valence-corrected chi connectivity index (χ3v) is 5.93. The first-order valence-electron chi connectivity index (χ1n) is 10.2. The van der Waals surface area contributed by atoms with Gasteiger partial charge in [0.05, 0.1) is 5.60 Å². The van der Waals surface area contributed by atoms with Gasteiger partial charge < -0.3 is 15.3 Å². The van der Waals surface area contributed by atoms with Crippen LogP contribution in [0.25, 0.3) is 0 Å². The normalized spacial score (nSPS) is 15.3. The van der Waals surface area contributed by atoms with Gasteiger partial charge in [0, 0.05) is 5.56 Å². The number of hydrogen-bond acceptors (Lipinski definition) is 3. The molecule has 0 aromatic heterocycles. The molecular weight excluding hydrogens is 324 g/mol. The van der Waals surface area contributed by atoms with E-state index in [9.17, 15) is 15.3 Å². The van der Waals surface area contributed by atoms with Crippen molar-refractivity contribution < 1.29 is 15.3 Å². The molecule has 0 aliphatic carbocycles. The highest BCUT2D eigenvalue weighted by molar-refractivity contribution is 5.56. The molecule has 3 N–H and O–H groups in total. The van der Waals surface area contributed by atoms with Crippen molar-refractivity contribution in [2.45, 2.75) is 99.0 Å². The van der Waals surface area contributed by atoms with Gasteiger partial charge in [0.25, 0.3) is 0 Å². The van der Waals surface area contributed by atoms with E-state index in [1.807, 2.05) is 27.7 Å². The lowest BCUT2D eigenvalue weighted by Crippen LogP contribution is -2.25. The Morgan fingerprint density at radius 2 is 1.38 bits per heavy atom. The van der Waals surface area contributed by atoms with E-state index in [0.29, 0.717) is 18.8 Å². The SMILES string of the molecule is Cc1c(C)c(O)c(CCC(C)(O)CC[C@H](C)CCCC(C)C)c(C)c1O. The van der Waals surface area contributed by atoms with Crippen LogP contribution in [0.1, 0.15) is 88.5 Å². The fraction of sp³-hybridized carbons (Fsp3) is 0.739. The molecule has 0 heterocycles. The maximum absolute atomic E-state index is 10.8. The second-order valence-corrected chi connectivity index (χ2v) is 9.02. The summed E-state index contributed by atoms with van der Waals surface area (Å²) in [6, 6.07) is 0. The average molecular weight is 365 g/mol. The minimum Gasteiger partial charge on any atom is -0.507 e. The molecular formula is C23H40O3. The fourth-order valence-electron chi connectivity index (χ4n) is 3.58. The highest BCUT2D eigenvalue weighted by Crippen LogP contribution is 2.38. The summed E-state index contributed by atoms with van der Waals surface area (Å²) in [6.45, 7) is 14.2. The Kier molecular flexibility index (Phi) is 8.46. The zero-order chi connectivity index (χ0) is 20.1. The van der Waals surface area contributed by atoms with Gasteiger partial charge in [0.15, 0.2) is 0 Å². The zero-order valence-corrected chi connectivity index (χ0v) is 17.9. The van der Waals surface area contributed by atoms with Gasteiger partial charge in [-0.1, -0.05) is 40.0 Å². The zero-order valence-electron chi connectivity index (χ0n) is 17.9. The van der Waals surface area contributed by atoms with Crippen molar-refractivity contribution in [1.82, 2.24) is 0 Å². The standard InChI is InChI=1S/C23H40O3/c1-15(2)9-8-10-16(3)11-13-23(7,26)14-12-20-19(6)21(24)17(4)18(5)22(20)25/h15-16,24-26H,8-14H2,1-7H3/t16-,23?/m1/s1. The third kappa shape index (κ3) is 6.50. The Morgan fingerprint density at radius 3 is 1.96 bits per heavy atom. The molecule has 3 heteroatoms. The van der Waals surface area contributed by atoms with Crippen molar-refractivity contribution in [3.8, 4) is 11.5 Å². The van der Waals surface area contributed by atoms with Crippen molar-refractivity contribution in [3.05, 3.63) is 22.3 Å². The molecule has 1 rings (SSSR count). The Labute approximate surface area is 160 Å². The Morgan fingerprint density at radius 1 is 0.808 bits per heavy atom. The molecule has 150 valence electrons. The van der Waals surface area contributed by atoms with Crippen molar-refractivity contribution in [1.29, 1.82) is 0 Å². The van der Waals surface area contributed by atoms with E-state index < -0.39 is 5.60 Å². The molecule has 0 amide bonds. The lowest BCUT2D eigenvalue weighted by Gasteiger charge is -2.26. The largest absolute Gasteiger partial charge is 0.507 e. The second-order valence-electron chi connectivity index (χ2n) is 9.02. The fourth-order valence-corrected chi connectivity index (χ4v) is 3.58. The van der Waals surface area contributed by atoms with Crippen molar-refractivity contribution >= 4 is 0 Å². The van der Waals surface area contributed by atoms with Gasteiger partial charge in [-0.05, 0) is 81.9 Å². The lowest BCUT2D eigenvalue weighted by atomic mass is 9.86. The minimum atomic E-state index is -0.750. The first-order valence-corrected chi connectivity index (χ1v) is 10.2. The summed E-state index contributed by atoms with van der Waals surface area (Å²) in [7, 11) is 0. The summed E-state index contributed by atoms with van der Waals surface area (Å²) in [6.07, 6.45) is 6.70. The highest BCUT2D eigenvalue weighted by Gasteiger charge is 2.24. The molecule has 0 aliphatic heterocycles. The topological polar surface area (TPSA) is 60.7 Å². The number of aromatic hydroxyl groups is 2. The summed E-state index contributed by atoms with van der Waals surface area (Å²) < 4.78 is 0. The van der Waals surface area contributed by atoms with Crippen molar-refractivity contribution in [2.24, 2.45) is 11.8 Å². The molecule has 0 bridgehead atoms. The number of phenolic OH excluding ortho intramolecular Hbond substituents is 2. The Hall–Kier alpha value is -1.22. The number of phenols is 2. The quantitative estimate of drug-likeness (QED) is 0.450. The van der Waals surface area contributed by atoms with Crippen LogP contribution < -0.4 is 0 Å². The van der Waals surface area contributed by atoms with Gasteiger partial charge in [0.1, 0.15) is 11.5 Å². The summed E-state index contributed by atoms with van der Waals surface area (Å²) in [5.74, 6) is 1.90. The molecule has 0 fully saturated rings. The number of benzene rings is 1. The van der Waals surface area contributed by atoms with Gasteiger partial charge >= 0.3 is 0 Å². The molecule has 3 nitrogen and oxygen atoms in total. The summed E-state index contributed by atoms with van der Waals surface area (Å²) in [5, 5.41) is 31.5. The molecule has 1 aromatic carbocycles. The highest BCUT2D eigenvalue weighted by atomic mass is 16.3. The minimum absolute atomic E-state index is 0.258. The van der Waals surface area contributed by atoms with Gasteiger partial charge in [-0.2, -0.15) is 0 Å². The predicted octanol–water partition coefficient (Wildman–Crippen LogP) is 5.95. The molecule has 1 unspecified atom stereocenters. The molecule has 0 aliphatic rings. The molecule has 0 radical (unpaired) electrons. The number of aliphatic hydroxyl groups is 1. The summed E-state index contributed by atoms with van der Waals surface area (Å²) in [4.78, 5) is 0.